The van der Waals surface area contributed by atoms with E-state index in [0.717, 1.165) is 85.4 Å². The number of hydrogen-bond acceptors (Lipinski definition) is 8. The molecule has 0 radical (unpaired) electrons. The number of β-amino-alcohol motifs (C(OH)–C–C–N with tert-alkyl or cyclic N) is 1. The Morgan fingerprint density at radius 2 is 1.95 bits per heavy atom. The number of nitrogen functional groups attached to an aromatic ring is 1. The van der Waals surface area contributed by atoms with Crippen molar-refractivity contribution in [3.05, 3.63) is 71.7 Å². The van der Waals surface area contributed by atoms with Crippen molar-refractivity contribution in [2.75, 3.05) is 37.4 Å². The molecule has 8 heteroatoms. The maximum atomic E-state index is 10.1. The Morgan fingerprint density at radius 1 is 1.08 bits per heavy atom. The highest BCUT2D eigenvalue weighted by Gasteiger charge is 2.24. The summed E-state index contributed by atoms with van der Waals surface area (Å²) in [6.07, 6.45) is 8.12. The Morgan fingerprint density at radius 3 is 2.74 bits per heavy atom. The molecule has 2 aliphatic rings. The number of aryl methyl sites for hydroxylation is 1. The number of ether oxygens (including phenoxy) is 1. The molecule has 2 aromatic carbocycles. The number of aliphatic hydroxyl groups excluding tert-OH is 1. The standard InChI is InChI=1S/C30H34N6O2/c1-19-6-10-32-15-26(19)25-4-5-28(31)27-16-33-30(35-29(25)27)34-22-2-3-24(20-8-12-38-13-9-20)21(14-22)17-36-11-7-23(37)18-36/h2-6,10,14-16,20,23,37H,7-9,11-13,17-18,31H2,1H3,(H,33,34,35). The number of nitrogens with two attached hydrogens (primary N) is 1. The number of hydrogen-bond donors (Lipinski definition) is 3. The van der Waals surface area contributed by atoms with Crippen molar-refractivity contribution >= 4 is 28.2 Å². The van der Waals surface area contributed by atoms with Crippen molar-refractivity contribution < 1.29 is 9.84 Å². The zero-order valence-corrected chi connectivity index (χ0v) is 21.7. The molecule has 0 spiro atoms. The first kappa shape index (κ1) is 24.7. The van der Waals surface area contributed by atoms with Gasteiger partial charge in [-0.25, -0.2) is 9.97 Å². The van der Waals surface area contributed by atoms with Crippen LogP contribution in [0.25, 0.3) is 22.0 Å². The molecule has 8 nitrogen and oxygen atoms in total. The topological polar surface area (TPSA) is 109 Å². The van der Waals surface area contributed by atoms with Crippen LogP contribution in [0.4, 0.5) is 17.3 Å². The van der Waals surface area contributed by atoms with Crippen LogP contribution in [0.5, 0.6) is 0 Å². The highest BCUT2D eigenvalue weighted by Crippen LogP contribution is 2.35. The Hall–Kier alpha value is -3.59. The minimum atomic E-state index is -0.237. The maximum absolute atomic E-state index is 10.1. The molecule has 0 saturated carbocycles. The summed E-state index contributed by atoms with van der Waals surface area (Å²) in [6.45, 7) is 6.13. The second-order valence-corrected chi connectivity index (χ2v) is 10.5. The Labute approximate surface area is 222 Å². The van der Waals surface area contributed by atoms with Crippen LogP contribution in [-0.2, 0) is 11.3 Å². The fourth-order valence-electron chi connectivity index (χ4n) is 5.72. The lowest BCUT2D eigenvalue weighted by Gasteiger charge is -2.27. The van der Waals surface area contributed by atoms with E-state index in [-0.39, 0.29) is 6.10 Å². The normalized spacial score (nSPS) is 18.7. The predicted molar refractivity (Wildman–Crippen MR) is 150 cm³/mol. The van der Waals surface area contributed by atoms with Gasteiger partial charge in [0.25, 0.3) is 0 Å². The van der Waals surface area contributed by atoms with Gasteiger partial charge in [0.2, 0.25) is 5.95 Å². The highest BCUT2D eigenvalue weighted by atomic mass is 16.5. The summed E-state index contributed by atoms with van der Waals surface area (Å²) in [4.78, 5) is 16.2. The van der Waals surface area contributed by atoms with Crippen LogP contribution in [0.15, 0.2) is 55.0 Å². The minimum absolute atomic E-state index is 0.237. The van der Waals surface area contributed by atoms with Crippen molar-refractivity contribution in [2.24, 2.45) is 0 Å². The van der Waals surface area contributed by atoms with Crippen LogP contribution in [-0.4, -0.2) is 57.4 Å². The SMILES string of the molecule is Cc1ccncc1-c1ccc(N)c2cnc(Nc3ccc(C4CCOCC4)c(CN4CCC(O)C4)c3)nc12. The third kappa shape index (κ3) is 5.07. The van der Waals surface area contributed by atoms with E-state index in [9.17, 15) is 5.11 Å². The second kappa shape index (κ2) is 10.6. The fraction of sp³-hybridized carbons (Fsp3) is 0.367. The molecule has 4 aromatic rings. The molecule has 2 fully saturated rings. The average Bonchev–Trinajstić information content (AvgIpc) is 3.34. The summed E-state index contributed by atoms with van der Waals surface area (Å²) in [5, 5.41) is 14.3. The number of nitrogens with one attached hydrogen (secondary N) is 1. The minimum Gasteiger partial charge on any atom is -0.398 e. The first-order valence-corrected chi connectivity index (χ1v) is 13.4. The average molecular weight is 511 g/mol. The van der Waals surface area contributed by atoms with E-state index < -0.39 is 0 Å². The van der Waals surface area contributed by atoms with Crippen LogP contribution in [0.3, 0.4) is 0 Å². The van der Waals surface area contributed by atoms with Crippen LogP contribution in [0, 0.1) is 6.92 Å². The lowest BCUT2D eigenvalue weighted by Crippen LogP contribution is -2.23. The monoisotopic (exact) mass is 510 g/mol. The highest BCUT2D eigenvalue weighted by molar-refractivity contribution is 6.00. The summed E-state index contributed by atoms with van der Waals surface area (Å²) in [5.41, 5.74) is 14.5. The summed E-state index contributed by atoms with van der Waals surface area (Å²) >= 11 is 0. The fourth-order valence-corrected chi connectivity index (χ4v) is 5.72. The Balaban J connectivity index is 1.34. The summed E-state index contributed by atoms with van der Waals surface area (Å²) in [6, 6.07) is 12.5. The smallest absolute Gasteiger partial charge is 0.227 e. The van der Waals surface area contributed by atoms with E-state index >= 15 is 0 Å². The van der Waals surface area contributed by atoms with Gasteiger partial charge in [0.1, 0.15) is 0 Å². The molecular weight excluding hydrogens is 476 g/mol. The second-order valence-electron chi connectivity index (χ2n) is 10.5. The molecular formula is C30H34N6O2. The van der Waals surface area contributed by atoms with Gasteiger partial charge >= 0.3 is 0 Å². The molecule has 0 amide bonds. The van der Waals surface area contributed by atoms with Gasteiger partial charge < -0.3 is 20.9 Å². The molecule has 6 rings (SSSR count). The first-order valence-electron chi connectivity index (χ1n) is 13.4. The van der Waals surface area contributed by atoms with E-state index in [1.165, 1.54) is 11.1 Å². The van der Waals surface area contributed by atoms with Gasteiger partial charge in [-0.2, -0.15) is 0 Å². The van der Waals surface area contributed by atoms with E-state index in [0.29, 0.717) is 17.6 Å². The molecule has 0 aliphatic carbocycles. The summed E-state index contributed by atoms with van der Waals surface area (Å²) < 4.78 is 5.62. The molecule has 1 atom stereocenters. The number of aromatic nitrogens is 3. The van der Waals surface area contributed by atoms with Crippen molar-refractivity contribution in [2.45, 2.75) is 44.8 Å². The molecule has 2 saturated heterocycles. The van der Waals surface area contributed by atoms with Gasteiger partial charge in [0, 0.05) is 79.3 Å². The van der Waals surface area contributed by atoms with E-state index in [4.69, 9.17) is 15.5 Å². The van der Waals surface area contributed by atoms with Gasteiger partial charge in [-0.3, -0.25) is 9.88 Å². The zero-order chi connectivity index (χ0) is 26.1. The first-order chi connectivity index (χ1) is 18.5. The number of aliphatic hydroxyl groups is 1. The number of fused-ring (bicyclic) bond motifs is 1. The van der Waals surface area contributed by atoms with Crippen molar-refractivity contribution in [3.8, 4) is 11.1 Å². The number of anilines is 3. The lowest BCUT2D eigenvalue weighted by atomic mass is 9.88. The number of pyridine rings is 1. The lowest BCUT2D eigenvalue weighted by molar-refractivity contribution is 0.0850. The molecule has 4 heterocycles. The quantitative estimate of drug-likeness (QED) is 0.318. The molecule has 1 unspecified atom stereocenters. The number of likely N-dealkylation sites (tertiary alicyclic amines) is 1. The molecule has 196 valence electrons. The van der Waals surface area contributed by atoms with Crippen LogP contribution < -0.4 is 11.1 Å². The van der Waals surface area contributed by atoms with Crippen molar-refractivity contribution in [1.29, 1.82) is 0 Å². The maximum Gasteiger partial charge on any atom is 0.227 e. The predicted octanol–water partition coefficient (Wildman–Crippen LogP) is 4.79. The largest absolute Gasteiger partial charge is 0.398 e. The van der Waals surface area contributed by atoms with Crippen molar-refractivity contribution in [1.82, 2.24) is 19.9 Å². The van der Waals surface area contributed by atoms with Crippen molar-refractivity contribution in [3.63, 3.8) is 0 Å². The number of rotatable bonds is 6. The van der Waals surface area contributed by atoms with Crippen LogP contribution in [0.1, 0.15) is 41.9 Å². The third-order valence-electron chi connectivity index (χ3n) is 7.82. The molecule has 4 N–H and O–H groups in total. The third-order valence-corrected chi connectivity index (χ3v) is 7.82. The Bertz CT molecular complexity index is 1450. The van der Waals surface area contributed by atoms with Crippen LogP contribution in [0.2, 0.25) is 0 Å². The molecule has 0 bridgehead atoms. The molecule has 2 aromatic heterocycles. The van der Waals surface area contributed by atoms with Gasteiger partial charge in [0.05, 0.1) is 11.6 Å². The van der Waals surface area contributed by atoms with Gasteiger partial charge in [-0.05, 0) is 73.1 Å². The molecule has 2 aliphatic heterocycles. The van der Waals surface area contributed by atoms with Gasteiger partial charge in [-0.1, -0.05) is 12.1 Å². The number of benzene rings is 2. The van der Waals surface area contributed by atoms with Gasteiger partial charge in [0.15, 0.2) is 0 Å². The number of nitrogens with zero attached hydrogens (tertiary/aromatic N) is 4. The summed E-state index contributed by atoms with van der Waals surface area (Å²) in [5.74, 6) is 1.01. The molecule has 38 heavy (non-hydrogen) atoms. The van der Waals surface area contributed by atoms with Gasteiger partial charge in [-0.15, -0.1) is 0 Å². The van der Waals surface area contributed by atoms with E-state index in [1.807, 2.05) is 24.4 Å². The van der Waals surface area contributed by atoms with E-state index in [2.05, 4.69) is 45.3 Å². The zero-order valence-electron chi connectivity index (χ0n) is 21.7. The van der Waals surface area contributed by atoms with E-state index in [1.54, 1.807) is 12.4 Å². The Kier molecular flexibility index (Phi) is 6.93. The van der Waals surface area contributed by atoms with Crippen LogP contribution >= 0.6 is 0 Å². The summed E-state index contributed by atoms with van der Waals surface area (Å²) in [7, 11) is 0.